The molecule has 0 spiro atoms. The van der Waals surface area contributed by atoms with Gasteiger partial charge in [-0.2, -0.15) is 0 Å². The largest absolute Gasteiger partial charge is 0.507 e. The van der Waals surface area contributed by atoms with Crippen molar-refractivity contribution in [1.29, 1.82) is 0 Å². The molecule has 2 aromatic carbocycles. The third-order valence-electron chi connectivity index (χ3n) is 7.04. The second kappa shape index (κ2) is 11.9. The van der Waals surface area contributed by atoms with E-state index in [1.807, 2.05) is 36.4 Å². The normalized spacial score (nSPS) is 17.1. The Morgan fingerprint density at radius 1 is 0.895 bits per heavy atom. The van der Waals surface area contributed by atoms with Crippen molar-refractivity contribution in [2.24, 2.45) is 0 Å². The third-order valence-corrected chi connectivity index (χ3v) is 7.04. The van der Waals surface area contributed by atoms with Crippen molar-refractivity contribution in [3.05, 3.63) is 42.5 Å². The first-order valence-corrected chi connectivity index (χ1v) is 14.0. The molecule has 0 radical (unpaired) electrons. The molecule has 7 heteroatoms. The van der Waals surface area contributed by atoms with Crippen LogP contribution in [0.5, 0.6) is 17.4 Å². The van der Waals surface area contributed by atoms with Crippen LogP contribution in [-0.2, 0) is 0 Å². The number of fused-ring (bicyclic) bond motifs is 1. The highest BCUT2D eigenvalue weighted by molar-refractivity contribution is 5.90. The molecule has 1 aliphatic heterocycles. The Morgan fingerprint density at radius 2 is 1.61 bits per heavy atom. The first-order valence-electron chi connectivity index (χ1n) is 14.0. The summed E-state index contributed by atoms with van der Waals surface area (Å²) in [6.07, 6.45) is 4.15. The second-order valence-corrected chi connectivity index (χ2v) is 11.9. The average molecular weight is 521 g/mol. The van der Waals surface area contributed by atoms with Gasteiger partial charge in [-0.25, -0.2) is 0 Å². The Balaban J connectivity index is 1.43. The van der Waals surface area contributed by atoms with E-state index in [1.165, 1.54) is 0 Å². The van der Waals surface area contributed by atoms with Gasteiger partial charge in [-0.15, -0.1) is 10.2 Å². The van der Waals surface area contributed by atoms with Gasteiger partial charge in [-0.1, -0.05) is 19.9 Å². The SMILES string of the molecule is CCCN(CCC)CCOc1ccc2cc(-c3ccc(OC4CC(C)(C)NC(C)(C)C4)nn3)c(O)cc2c1. The highest BCUT2D eigenvalue weighted by atomic mass is 16.5. The van der Waals surface area contributed by atoms with E-state index in [4.69, 9.17) is 9.47 Å². The van der Waals surface area contributed by atoms with Gasteiger partial charge in [0.25, 0.3) is 0 Å². The maximum atomic E-state index is 10.8. The van der Waals surface area contributed by atoms with Crippen LogP contribution in [0.3, 0.4) is 0 Å². The monoisotopic (exact) mass is 520 g/mol. The van der Waals surface area contributed by atoms with Crippen molar-refractivity contribution in [3.63, 3.8) is 0 Å². The van der Waals surface area contributed by atoms with E-state index in [0.717, 1.165) is 61.8 Å². The van der Waals surface area contributed by atoms with Crippen LogP contribution >= 0.6 is 0 Å². The first kappa shape index (κ1) is 28.1. The molecule has 3 aromatic rings. The van der Waals surface area contributed by atoms with Crippen LogP contribution in [-0.4, -0.2) is 63.6 Å². The van der Waals surface area contributed by atoms with Crippen molar-refractivity contribution in [2.45, 2.75) is 84.4 Å². The molecule has 1 saturated heterocycles. The Labute approximate surface area is 227 Å². The van der Waals surface area contributed by atoms with Crippen molar-refractivity contribution in [3.8, 4) is 28.6 Å². The molecule has 0 saturated carbocycles. The van der Waals surface area contributed by atoms with Crippen LogP contribution in [0, 0.1) is 0 Å². The summed E-state index contributed by atoms with van der Waals surface area (Å²) in [6.45, 7) is 17.0. The number of benzene rings is 2. The number of rotatable bonds is 11. The molecule has 0 amide bonds. The number of aromatic nitrogens is 2. The Bertz CT molecular complexity index is 1190. The minimum absolute atomic E-state index is 0.00791. The molecule has 4 rings (SSSR count). The maximum absolute atomic E-state index is 10.8. The number of hydrogen-bond acceptors (Lipinski definition) is 7. The predicted molar refractivity (Wildman–Crippen MR) is 154 cm³/mol. The number of aromatic hydroxyl groups is 1. The van der Waals surface area contributed by atoms with Crippen molar-refractivity contribution in [2.75, 3.05) is 26.2 Å². The highest BCUT2D eigenvalue weighted by Gasteiger charge is 2.38. The minimum atomic E-state index is -0.00791. The number of piperidine rings is 1. The molecule has 1 aromatic heterocycles. The molecule has 206 valence electrons. The first-order chi connectivity index (χ1) is 18.1. The third kappa shape index (κ3) is 7.35. The molecular weight excluding hydrogens is 476 g/mol. The fraction of sp³-hybridized carbons (Fsp3) is 0.548. The number of ether oxygens (including phenoxy) is 2. The van der Waals surface area contributed by atoms with Crippen molar-refractivity contribution >= 4 is 10.8 Å². The summed E-state index contributed by atoms with van der Waals surface area (Å²) in [7, 11) is 0. The lowest BCUT2D eigenvalue weighted by Gasteiger charge is -2.46. The summed E-state index contributed by atoms with van der Waals surface area (Å²) in [5.41, 5.74) is 1.23. The average Bonchev–Trinajstić information content (AvgIpc) is 2.82. The summed E-state index contributed by atoms with van der Waals surface area (Å²) in [5.74, 6) is 1.48. The number of phenols is 1. The van der Waals surface area contributed by atoms with Gasteiger partial charge in [-0.3, -0.25) is 4.90 Å². The van der Waals surface area contributed by atoms with Crippen molar-refractivity contribution in [1.82, 2.24) is 20.4 Å². The number of nitrogens with one attached hydrogen (secondary N) is 1. The summed E-state index contributed by atoms with van der Waals surface area (Å²) < 4.78 is 12.2. The van der Waals surface area contributed by atoms with E-state index >= 15 is 0 Å². The predicted octanol–water partition coefficient (Wildman–Crippen LogP) is 6.19. The summed E-state index contributed by atoms with van der Waals surface area (Å²) >= 11 is 0. The number of nitrogens with zero attached hydrogens (tertiary/aromatic N) is 3. The van der Waals surface area contributed by atoms with E-state index in [0.29, 0.717) is 23.7 Å². The zero-order valence-electron chi connectivity index (χ0n) is 23.9. The smallest absolute Gasteiger partial charge is 0.233 e. The van der Waals surface area contributed by atoms with Gasteiger partial charge in [0, 0.05) is 42.1 Å². The molecule has 0 atom stereocenters. The highest BCUT2D eigenvalue weighted by Crippen LogP contribution is 2.35. The molecule has 0 bridgehead atoms. The van der Waals surface area contributed by atoms with Crippen LogP contribution in [0.15, 0.2) is 42.5 Å². The molecule has 0 aliphatic carbocycles. The topological polar surface area (TPSA) is 79.7 Å². The van der Waals surface area contributed by atoms with E-state index in [2.05, 4.69) is 62.0 Å². The standard InChI is InChI=1S/C31H44N4O3/c1-7-13-35(14-8-2)15-16-37-24-10-9-22-18-26(28(36)19-23(22)17-24)27-11-12-29(33-32-27)38-25-20-30(3,4)34-31(5,6)21-25/h9-12,17-19,25,34,36H,7-8,13-16,20-21H2,1-6H3. The molecule has 7 nitrogen and oxygen atoms in total. The van der Waals surface area contributed by atoms with Gasteiger partial charge in [0.1, 0.15) is 24.2 Å². The van der Waals surface area contributed by atoms with Crippen LogP contribution in [0.4, 0.5) is 0 Å². The van der Waals surface area contributed by atoms with Gasteiger partial charge < -0.3 is 19.9 Å². The lowest BCUT2D eigenvalue weighted by atomic mass is 9.81. The summed E-state index contributed by atoms with van der Waals surface area (Å²) in [6, 6.07) is 13.4. The molecule has 1 aliphatic rings. The molecule has 2 heterocycles. The van der Waals surface area contributed by atoms with Crippen LogP contribution < -0.4 is 14.8 Å². The van der Waals surface area contributed by atoms with E-state index in [1.54, 1.807) is 6.07 Å². The van der Waals surface area contributed by atoms with Crippen LogP contribution in [0.25, 0.3) is 22.0 Å². The quantitative estimate of drug-likeness (QED) is 0.312. The zero-order valence-corrected chi connectivity index (χ0v) is 23.9. The second-order valence-electron chi connectivity index (χ2n) is 11.9. The van der Waals surface area contributed by atoms with Crippen LogP contribution in [0.2, 0.25) is 0 Å². The Kier molecular flexibility index (Phi) is 8.78. The molecule has 0 unspecified atom stereocenters. The van der Waals surface area contributed by atoms with E-state index in [9.17, 15) is 5.11 Å². The van der Waals surface area contributed by atoms with Gasteiger partial charge in [0.2, 0.25) is 5.88 Å². The van der Waals surface area contributed by atoms with Gasteiger partial charge >= 0.3 is 0 Å². The fourth-order valence-corrected chi connectivity index (χ4v) is 5.83. The lowest BCUT2D eigenvalue weighted by Crippen LogP contribution is -2.60. The Morgan fingerprint density at radius 3 is 2.24 bits per heavy atom. The molecule has 1 fully saturated rings. The lowest BCUT2D eigenvalue weighted by molar-refractivity contribution is 0.0524. The van der Waals surface area contributed by atoms with Gasteiger partial charge in [-0.05, 0) is 94.7 Å². The zero-order chi connectivity index (χ0) is 27.3. The summed E-state index contributed by atoms with van der Waals surface area (Å²) in [4.78, 5) is 2.43. The van der Waals surface area contributed by atoms with E-state index in [-0.39, 0.29) is 22.9 Å². The van der Waals surface area contributed by atoms with Crippen LogP contribution in [0.1, 0.15) is 67.2 Å². The molecule has 38 heavy (non-hydrogen) atoms. The minimum Gasteiger partial charge on any atom is -0.507 e. The Hall–Kier alpha value is -2.90. The van der Waals surface area contributed by atoms with Gasteiger partial charge in [0.05, 0.1) is 5.69 Å². The van der Waals surface area contributed by atoms with E-state index < -0.39 is 0 Å². The number of hydrogen-bond donors (Lipinski definition) is 2. The summed E-state index contributed by atoms with van der Waals surface area (Å²) in [5, 5.41) is 25.1. The molecular formula is C31H44N4O3. The maximum Gasteiger partial charge on any atom is 0.233 e. The number of phenolic OH excluding ortho intramolecular Hbond substituents is 1. The fourth-order valence-electron chi connectivity index (χ4n) is 5.83. The van der Waals surface area contributed by atoms with Crippen molar-refractivity contribution < 1.29 is 14.6 Å². The molecule has 2 N–H and O–H groups in total. The van der Waals surface area contributed by atoms with Gasteiger partial charge in [0.15, 0.2) is 0 Å².